The Bertz CT molecular complexity index is 997. The van der Waals surface area contributed by atoms with Crippen LogP contribution in [0.5, 0.6) is 0 Å². The highest BCUT2D eigenvalue weighted by molar-refractivity contribution is 6.32. The van der Waals surface area contributed by atoms with Gasteiger partial charge < -0.3 is 10.6 Å². The van der Waals surface area contributed by atoms with Crippen LogP contribution < -0.4 is 16.2 Å². The molecule has 1 aliphatic rings. The molecular weight excluding hydrogens is 362 g/mol. The van der Waals surface area contributed by atoms with E-state index in [1.807, 2.05) is 30.3 Å². The first-order valence-electron chi connectivity index (χ1n) is 8.99. The van der Waals surface area contributed by atoms with Gasteiger partial charge in [-0.3, -0.25) is 9.36 Å². The Kier molecular flexibility index (Phi) is 5.18. The van der Waals surface area contributed by atoms with E-state index < -0.39 is 0 Å². The largest absolute Gasteiger partial charge is 0.351 e. The number of benzene rings is 1. The van der Waals surface area contributed by atoms with E-state index in [2.05, 4.69) is 20.6 Å². The van der Waals surface area contributed by atoms with Gasteiger partial charge in [-0.05, 0) is 44.1 Å². The number of aromatic nitrogens is 3. The van der Waals surface area contributed by atoms with Crippen LogP contribution in [0.2, 0.25) is 5.02 Å². The third kappa shape index (κ3) is 4.02. The lowest BCUT2D eigenvalue weighted by molar-refractivity contribution is 0.477. The molecule has 1 saturated heterocycles. The minimum Gasteiger partial charge on any atom is -0.351 e. The van der Waals surface area contributed by atoms with Crippen LogP contribution >= 0.6 is 11.6 Å². The van der Waals surface area contributed by atoms with Crippen molar-refractivity contribution in [2.75, 3.05) is 18.4 Å². The van der Waals surface area contributed by atoms with Crippen molar-refractivity contribution in [1.29, 1.82) is 0 Å². The van der Waals surface area contributed by atoms with E-state index in [0.717, 1.165) is 37.2 Å². The molecule has 0 atom stereocenters. The van der Waals surface area contributed by atoms with E-state index in [0.29, 0.717) is 22.7 Å². The number of hydrogen-bond acceptors (Lipinski definition) is 5. The highest BCUT2D eigenvalue weighted by Crippen LogP contribution is 2.28. The summed E-state index contributed by atoms with van der Waals surface area (Å²) in [6.07, 6.45) is 5.43. The summed E-state index contributed by atoms with van der Waals surface area (Å²) < 4.78 is 1.59. The van der Waals surface area contributed by atoms with Gasteiger partial charge in [0.25, 0.3) is 5.56 Å². The predicted molar refractivity (Wildman–Crippen MR) is 108 cm³/mol. The molecule has 0 spiro atoms. The van der Waals surface area contributed by atoms with Crippen LogP contribution in [-0.2, 0) is 0 Å². The Morgan fingerprint density at radius 2 is 2.00 bits per heavy atom. The summed E-state index contributed by atoms with van der Waals surface area (Å²) in [6.45, 7) is 1.98. The molecule has 0 unspecified atom stereocenters. The van der Waals surface area contributed by atoms with Crippen molar-refractivity contribution < 1.29 is 0 Å². The lowest BCUT2D eigenvalue weighted by atomic mass is 10.1. The first kappa shape index (κ1) is 17.7. The first-order valence-corrected chi connectivity index (χ1v) is 9.37. The quantitative estimate of drug-likeness (QED) is 0.726. The molecule has 0 radical (unpaired) electrons. The van der Waals surface area contributed by atoms with Crippen molar-refractivity contribution in [2.45, 2.75) is 18.9 Å². The van der Waals surface area contributed by atoms with E-state index in [9.17, 15) is 4.79 Å². The molecule has 0 bridgehead atoms. The molecule has 3 aromatic rings. The van der Waals surface area contributed by atoms with Crippen molar-refractivity contribution in [2.24, 2.45) is 0 Å². The lowest BCUT2D eigenvalue weighted by Crippen LogP contribution is -2.35. The van der Waals surface area contributed by atoms with Gasteiger partial charge in [-0.1, -0.05) is 29.8 Å². The van der Waals surface area contributed by atoms with Crippen LogP contribution in [-0.4, -0.2) is 33.7 Å². The normalized spacial score (nSPS) is 14.9. The second kappa shape index (κ2) is 7.90. The summed E-state index contributed by atoms with van der Waals surface area (Å²) in [5.41, 5.74) is 2.16. The van der Waals surface area contributed by atoms with Crippen molar-refractivity contribution >= 4 is 17.5 Å². The molecule has 7 heteroatoms. The van der Waals surface area contributed by atoms with Gasteiger partial charge in [0.2, 0.25) is 5.95 Å². The van der Waals surface area contributed by atoms with Crippen molar-refractivity contribution in [3.63, 3.8) is 0 Å². The molecule has 4 rings (SSSR count). The van der Waals surface area contributed by atoms with Crippen LogP contribution in [0.4, 0.5) is 5.95 Å². The number of rotatable bonds is 4. The maximum Gasteiger partial charge on any atom is 0.255 e. The Morgan fingerprint density at radius 1 is 1.15 bits per heavy atom. The number of halogens is 1. The molecule has 0 aliphatic carbocycles. The van der Waals surface area contributed by atoms with Gasteiger partial charge in [-0.15, -0.1) is 0 Å². The standard InChI is InChI=1S/C20H20ClN5O/c21-17-13-23-20(24-15-7-9-22-10-8-15)25-19(17)14-4-3-5-16(12-14)26-11-2-1-6-18(26)27/h1-6,11-13,15,22H,7-10H2,(H,23,24,25). The number of anilines is 1. The maximum absolute atomic E-state index is 12.1. The molecule has 3 heterocycles. The maximum atomic E-state index is 12.1. The monoisotopic (exact) mass is 381 g/mol. The van der Waals surface area contributed by atoms with Crippen molar-refractivity contribution in [3.8, 4) is 16.9 Å². The van der Waals surface area contributed by atoms with Crippen LogP contribution in [0.1, 0.15) is 12.8 Å². The Balaban J connectivity index is 1.66. The van der Waals surface area contributed by atoms with Gasteiger partial charge in [0.1, 0.15) is 0 Å². The Labute approximate surface area is 162 Å². The highest BCUT2D eigenvalue weighted by atomic mass is 35.5. The number of piperidine rings is 1. The average molecular weight is 382 g/mol. The molecule has 0 saturated carbocycles. The van der Waals surface area contributed by atoms with Gasteiger partial charge >= 0.3 is 0 Å². The Morgan fingerprint density at radius 3 is 2.81 bits per heavy atom. The molecule has 2 aromatic heterocycles. The third-order valence-electron chi connectivity index (χ3n) is 4.64. The summed E-state index contributed by atoms with van der Waals surface area (Å²) in [5, 5.41) is 7.22. The molecule has 0 amide bonds. The smallest absolute Gasteiger partial charge is 0.255 e. The van der Waals surface area contributed by atoms with Crippen molar-refractivity contribution in [3.05, 3.63) is 70.2 Å². The molecule has 6 nitrogen and oxygen atoms in total. The predicted octanol–water partition coefficient (Wildman–Crippen LogP) is 3.11. The van der Waals surface area contributed by atoms with Gasteiger partial charge in [0.05, 0.1) is 16.9 Å². The molecule has 1 aliphatic heterocycles. The van der Waals surface area contributed by atoms with Crippen molar-refractivity contribution in [1.82, 2.24) is 19.9 Å². The minimum absolute atomic E-state index is 0.0864. The van der Waals surface area contributed by atoms with Gasteiger partial charge in [-0.2, -0.15) is 0 Å². The lowest BCUT2D eigenvalue weighted by Gasteiger charge is -2.23. The SMILES string of the molecule is O=c1ccccn1-c1cccc(-c2nc(NC3CCNCC3)ncc2Cl)c1. The van der Waals surface area contributed by atoms with E-state index in [1.54, 1.807) is 23.0 Å². The molecular formula is C20H20ClN5O. The van der Waals surface area contributed by atoms with E-state index >= 15 is 0 Å². The summed E-state index contributed by atoms with van der Waals surface area (Å²) in [7, 11) is 0. The molecule has 138 valence electrons. The van der Waals surface area contributed by atoms with Gasteiger partial charge in [-0.25, -0.2) is 9.97 Å². The Hall–Kier alpha value is -2.70. The second-order valence-electron chi connectivity index (χ2n) is 6.52. The van der Waals surface area contributed by atoms with Crippen LogP contribution in [0.25, 0.3) is 16.9 Å². The fraction of sp³-hybridized carbons (Fsp3) is 0.250. The second-order valence-corrected chi connectivity index (χ2v) is 6.93. The highest BCUT2D eigenvalue weighted by Gasteiger charge is 2.15. The zero-order valence-corrected chi connectivity index (χ0v) is 15.5. The topological polar surface area (TPSA) is 71.8 Å². The fourth-order valence-corrected chi connectivity index (χ4v) is 3.43. The van der Waals surface area contributed by atoms with Crippen LogP contribution in [0, 0.1) is 0 Å². The average Bonchev–Trinajstić information content (AvgIpc) is 2.71. The van der Waals surface area contributed by atoms with Gasteiger partial charge in [0.15, 0.2) is 0 Å². The molecule has 2 N–H and O–H groups in total. The van der Waals surface area contributed by atoms with E-state index in [4.69, 9.17) is 11.6 Å². The summed E-state index contributed by atoms with van der Waals surface area (Å²) in [4.78, 5) is 21.1. The summed E-state index contributed by atoms with van der Waals surface area (Å²) in [6, 6.07) is 13.1. The fourth-order valence-electron chi connectivity index (χ4n) is 3.23. The number of pyridine rings is 1. The number of nitrogens with zero attached hydrogens (tertiary/aromatic N) is 3. The summed E-state index contributed by atoms with van der Waals surface area (Å²) in [5.74, 6) is 0.573. The first-order chi connectivity index (χ1) is 13.2. The summed E-state index contributed by atoms with van der Waals surface area (Å²) >= 11 is 6.37. The minimum atomic E-state index is -0.0864. The van der Waals surface area contributed by atoms with E-state index in [-0.39, 0.29) is 5.56 Å². The third-order valence-corrected chi connectivity index (χ3v) is 4.91. The number of hydrogen-bond donors (Lipinski definition) is 2. The van der Waals surface area contributed by atoms with E-state index in [1.165, 1.54) is 6.07 Å². The molecule has 1 fully saturated rings. The zero-order chi connectivity index (χ0) is 18.6. The van der Waals surface area contributed by atoms with Crippen LogP contribution in [0.3, 0.4) is 0 Å². The molecule has 1 aromatic carbocycles. The van der Waals surface area contributed by atoms with Crippen LogP contribution in [0.15, 0.2) is 59.7 Å². The van der Waals surface area contributed by atoms with Gasteiger partial charge in [0, 0.05) is 29.6 Å². The zero-order valence-electron chi connectivity index (χ0n) is 14.7. The number of nitrogens with one attached hydrogen (secondary N) is 2. The molecule has 27 heavy (non-hydrogen) atoms.